The first-order valence-corrected chi connectivity index (χ1v) is 9.12. The summed E-state index contributed by atoms with van der Waals surface area (Å²) in [7, 11) is 1.59. The minimum absolute atomic E-state index is 0.153. The Morgan fingerprint density at radius 2 is 2.27 bits per heavy atom. The lowest BCUT2D eigenvalue weighted by Gasteiger charge is -2.31. The molecule has 2 unspecified atom stereocenters. The molecule has 1 aromatic heterocycles. The number of nitrogens with one attached hydrogen (secondary N) is 1. The number of fused-ring (bicyclic) bond motifs is 1. The van der Waals surface area contributed by atoms with Gasteiger partial charge in [-0.25, -0.2) is 4.39 Å². The van der Waals surface area contributed by atoms with Crippen molar-refractivity contribution in [1.29, 1.82) is 0 Å². The van der Waals surface area contributed by atoms with Gasteiger partial charge in [0.2, 0.25) is 0 Å². The van der Waals surface area contributed by atoms with E-state index in [1.165, 1.54) is 6.20 Å². The molecule has 2 N–H and O–H groups in total. The number of benzene rings is 1. The fourth-order valence-corrected chi connectivity index (χ4v) is 3.94. The average Bonchev–Trinajstić information content (AvgIpc) is 2.64. The summed E-state index contributed by atoms with van der Waals surface area (Å²) in [4.78, 5) is 15.2. The monoisotopic (exact) mass is 360 g/mol. The van der Waals surface area contributed by atoms with E-state index in [0.29, 0.717) is 23.7 Å². The summed E-state index contributed by atoms with van der Waals surface area (Å²) in [6, 6.07) is 5.49. The Kier molecular flexibility index (Phi) is 6.04. The highest BCUT2D eigenvalue weighted by Crippen LogP contribution is 2.30. The van der Waals surface area contributed by atoms with Crippen LogP contribution < -0.4 is 10.1 Å². The molecular formula is C20H25FN2O3. The normalized spacial score (nSPS) is 20.2. The zero-order valence-electron chi connectivity index (χ0n) is 15.0. The lowest BCUT2D eigenvalue weighted by molar-refractivity contribution is -0.138. The molecule has 1 aliphatic heterocycles. The van der Waals surface area contributed by atoms with Gasteiger partial charge in [0.15, 0.2) is 0 Å². The van der Waals surface area contributed by atoms with Gasteiger partial charge in [0.05, 0.1) is 18.8 Å². The number of pyridine rings is 1. The summed E-state index contributed by atoms with van der Waals surface area (Å²) in [5.41, 5.74) is 1.42. The number of nitrogens with zero attached hydrogens (tertiary/aromatic N) is 1. The topological polar surface area (TPSA) is 71.5 Å². The second-order valence-electron chi connectivity index (χ2n) is 6.97. The van der Waals surface area contributed by atoms with Crippen LogP contribution in [0.4, 0.5) is 4.39 Å². The summed E-state index contributed by atoms with van der Waals surface area (Å²) in [5, 5.41) is 13.2. The third-order valence-corrected chi connectivity index (χ3v) is 5.34. The Labute approximate surface area is 152 Å². The number of hydrogen-bond donors (Lipinski definition) is 2. The zero-order chi connectivity index (χ0) is 18.5. The highest BCUT2D eigenvalue weighted by molar-refractivity contribution is 5.83. The van der Waals surface area contributed by atoms with Gasteiger partial charge in [-0.1, -0.05) is 0 Å². The van der Waals surface area contributed by atoms with E-state index in [2.05, 4.69) is 10.3 Å². The first-order chi connectivity index (χ1) is 12.6. The number of ether oxygens (including phenoxy) is 1. The number of rotatable bonds is 7. The Bertz CT molecular complexity index is 781. The van der Waals surface area contributed by atoms with Crippen molar-refractivity contribution in [3.63, 3.8) is 0 Å². The molecule has 0 aliphatic carbocycles. The minimum Gasteiger partial charge on any atom is -0.497 e. The van der Waals surface area contributed by atoms with Crippen LogP contribution in [0.1, 0.15) is 31.2 Å². The van der Waals surface area contributed by atoms with Crippen molar-refractivity contribution >= 4 is 16.9 Å². The molecule has 3 rings (SSSR count). The molecule has 0 radical (unpaired) electrons. The molecule has 2 aromatic rings. The molecule has 26 heavy (non-hydrogen) atoms. The molecule has 140 valence electrons. The Morgan fingerprint density at radius 1 is 1.42 bits per heavy atom. The van der Waals surface area contributed by atoms with Crippen LogP contribution in [-0.4, -0.2) is 36.3 Å². The number of aromatic nitrogens is 1. The van der Waals surface area contributed by atoms with Gasteiger partial charge in [-0.3, -0.25) is 9.78 Å². The quantitative estimate of drug-likeness (QED) is 0.792. The SMILES string of the molecule is COc1ccc2ncc(F)c(CCCC3CCNCC3CC(=O)O)c2c1. The largest absolute Gasteiger partial charge is 0.497 e. The Hall–Kier alpha value is -2.21. The average molecular weight is 360 g/mol. The van der Waals surface area contributed by atoms with Crippen LogP contribution in [0.2, 0.25) is 0 Å². The highest BCUT2D eigenvalue weighted by Gasteiger charge is 2.26. The van der Waals surface area contributed by atoms with Crippen LogP contribution in [0.5, 0.6) is 5.75 Å². The lowest BCUT2D eigenvalue weighted by atomic mass is 9.80. The summed E-state index contributed by atoms with van der Waals surface area (Å²) < 4.78 is 19.6. The van der Waals surface area contributed by atoms with E-state index in [-0.39, 0.29) is 18.2 Å². The van der Waals surface area contributed by atoms with E-state index in [0.717, 1.165) is 43.3 Å². The smallest absolute Gasteiger partial charge is 0.303 e. The molecule has 0 amide bonds. The van der Waals surface area contributed by atoms with Gasteiger partial charge in [0.25, 0.3) is 0 Å². The maximum Gasteiger partial charge on any atom is 0.303 e. The van der Waals surface area contributed by atoms with E-state index in [1.807, 2.05) is 18.2 Å². The van der Waals surface area contributed by atoms with E-state index >= 15 is 0 Å². The standard InChI is InChI=1S/C20H25FN2O3/c1-26-15-5-6-19-17(10-15)16(18(21)12-23-19)4-2-3-13-7-8-22-11-14(13)9-20(24)25/h5-6,10,12-14,22H,2-4,7-9,11H2,1H3,(H,24,25). The number of methoxy groups -OCH3 is 1. The molecular weight excluding hydrogens is 335 g/mol. The third kappa shape index (κ3) is 4.30. The number of aryl methyl sites for hydroxylation is 1. The van der Waals surface area contributed by atoms with Crippen molar-refractivity contribution in [2.24, 2.45) is 11.8 Å². The maximum atomic E-state index is 14.4. The van der Waals surface area contributed by atoms with Gasteiger partial charge in [0.1, 0.15) is 11.6 Å². The summed E-state index contributed by atoms with van der Waals surface area (Å²) in [6.07, 6.45) is 4.80. The Morgan fingerprint density at radius 3 is 3.04 bits per heavy atom. The molecule has 5 nitrogen and oxygen atoms in total. The molecule has 0 saturated carbocycles. The zero-order valence-corrected chi connectivity index (χ0v) is 15.0. The van der Waals surface area contributed by atoms with Crippen LogP contribution in [0.25, 0.3) is 10.9 Å². The fraction of sp³-hybridized carbons (Fsp3) is 0.500. The maximum absolute atomic E-state index is 14.4. The molecule has 1 saturated heterocycles. The molecule has 0 spiro atoms. The van der Waals surface area contributed by atoms with E-state index < -0.39 is 5.97 Å². The first kappa shape index (κ1) is 18.6. The van der Waals surface area contributed by atoms with Gasteiger partial charge in [-0.2, -0.15) is 0 Å². The van der Waals surface area contributed by atoms with Crippen LogP contribution in [-0.2, 0) is 11.2 Å². The van der Waals surface area contributed by atoms with E-state index in [4.69, 9.17) is 9.84 Å². The van der Waals surface area contributed by atoms with Crippen molar-refractivity contribution in [1.82, 2.24) is 10.3 Å². The number of halogens is 1. The van der Waals surface area contributed by atoms with Crippen LogP contribution in [0.3, 0.4) is 0 Å². The first-order valence-electron chi connectivity index (χ1n) is 9.12. The van der Waals surface area contributed by atoms with Gasteiger partial charge in [0, 0.05) is 11.8 Å². The van der Waals surface area contributed by atoms with E-state index in [9.17, 15) is 9.18 Å². The fourth-order valence-electron chi connectivity index (χ4n) is 3.94. The summed E-state index contributed by atoms with van der Waals surface area (Å²) in [5.74, 6) is 0.171. The highest BCUT2D eigenvalue weighted by atomic mass is 19.1. The predicted octanol–water partition coefficient (Wildman–Crippen LogP) is 3.41. The number of carboxylic acids is 1. The van der Waals surface area contributed by atoms with Crippen LogP contribution in [0.15, 0.2) is 24.4 Å². The number of aliphatic carboxylic acids is 1. The number of hydrogen-bond acceptors (Lipinski definition) is 4. The van der Waals surface area contributed by atoms with Gasteiger partial charge >= 0.3 is 5.97 Å². The predicted molar refractivity (Wildman–Crippen MR) is 97.9 cm³/mol. The summed E-state index contributed by atoms with van der Waals surface area (Å²) >= 11 is 0. The number of carbonyl (C=O) groups is 1. The van der Waals surface area contributed by atoms with Crippen molar-refractivity contribution in [2.45, 2.75) is 32.1 Å². The van der Waals surface area contributed by atoms with Crippen LogP contribution in [0, 0.1) is 17.7 Å². The van der Waals surface area contributed by atoms with Crippen molar-refractivity contribution in [3.05, 3.63) is 35.8 Å². The number of piperidine rings is 1. The van der Waals surface area contributed by atoms with Gasteiger partial charge < -0.3 is 15.2 Å². The van der Waals surface area contributed by atoms with Crippen LogP contribution >= 0.6 is 0 Å². The molecule has 2 atom stereocenters. The van der Waals surface area contributed by atoms with E-state index in [1.54, 1.807) is 7.11 Å². The summed E-state index contributed by atoms with van der Waals surface area (Å²) in [6.45, 7) is 1.67. The third-order valence-electron chi connectivity index (χ3n) is 5.34. The molecule has 6 heteroatoms. The molecule has 0 bridgehead atoms. The second-order valence-corrected chi connectivity index (χ2v) is 6.97. The van der Waals surface area contributed by atoms with Crippen molar-refractivity contribution in [2.75, 3.05) is 20.2 Å². The second kappa shape index (κ2) is 8.45. The minimum atomic E-state index is -0.748. The molecule has 2 heterocycles. The van der Waals surface area contributed by atoms with Gasteiger partial charge in [-0.15, -0.1) is 0 Å². The lowest BCUT2D eigenvalue weighted by Crippen LogP contribution is -2.37. The Balaban J connectivity index is 1.71. The number of carboxylic acid groups (broad SMARTS) is 1. The van der Waals surface area contributed by atoms with Gasteiger partial charge in [-0.05, 0) is 74.4 Å². The van der Waals surface area contributed by atoms with Crippen molar-refractivity contribution in [3.8, 4) is 5.75 Å². The molecule has 1 aliphatic rings. The molecule has 1 aromatic carbocycles. The van der Waals surface area contributed by atoms with Crippen molar-refractivity contribution < 1.29 is 19.0 Å². The molecule has 1 fully saturated rings.